The van der Waals surface area contributed by atoms with Gasteiger partial charge in [-0.1, -0.05) is 32.4 Å². The lowest BCUT2D eigenvalue weighted by atomic mass is 9.46. The number of rotatable bonds is 5. The van der Waals surface area contributed by atoms with Gasteiger partial charge in [0.2, 0.25) is 5.78 Å². The molecule has 4 unspecified atom stereocenters. The number of carbonyl (C=O) groups excluding carboxylic acids is 2. The molecule has 5 nitrogen and oxygen atoms in total. The van der Waals surface area contributed by atoms with Gasteiger partial charge in [0.1, 0.15) is 6.04 Å². The van der Waals surface area contributed by atoms with Gasteiger partial charge < -0.3 is 10.4 Å². The molecule has 0 heterocycles. The van der Waals surface area contributed by atoms with Crippen molar-refractivity contribution in [3.05, 3.63) is 35.1 Å². The van der Waals surface area contributed by atoms with Crippen molar-refractivity contribution < 1.29 is 19.5 Å². The van der Waals surface area contributed by atoms with Gasteiger partial charge in [0.05, 0.1) is 5.70 Å². The monoisotopic (exact) mass is 399 g/mol. The molecule has 0 aliphatic heterocycles. The average molecular weight is 400 g/mol. The van der Waals surface area contributed by atoms with Gasteiger partial charge in [0, 0.05) is 11.6 Å². The van der Waals surface area contributed by atoms with E-state index in [-0.39, 0.29) is 28.1 Å². The van der Waals surface area contributed by atoms with Crippen LogP contribution >= 0.6 is 0 Å². The van der Waals surface area contributed by atoms with Crippen LogP contribution in [0.4, 0.5) is 0 Å². The van der Waals surface area contributed by atoms with Crippen molar-refractivity contribution in [1.82, 2.24) is 5.32 Å². The number of fused-ring (bicyclic) bond motifs is 1. The quantitative estimate of drug-likeness (QED) is 0.535. The summed E-state index contributed by atoms with van der Waals surface area (Å²) in [4.78, 5) is 36.5. The van der Waals surface area contributed by atoms with Gasteiger partial charge in [-0.25, -0.2) is 0 Å². The summed E-state index contributed by atoms with van der Waals surface area (Å²) in [6, 6.07) is -0.929. The molecule has 0 aromatic carbocycles. The van der Waals surface area contributed by atoms with E-state index in [1.54, 1.807) is 0 Å². The molecule has 29 heavy (non-hydrogen) atoms. The summed E-state index contributed by atoms with van der Waals surface area (Å²) in [6.45, 7) is 10.6. The molecule has 2 N–H and O–H groups in total. The van der Waals surface area contributed by atoms with Gasteiger partial charge >= 0.3 is 5.97 Å². The Morgan fingerprint density at radius 3 is 2.59 bits per heavy atom. The Balaban J connectivity index is 1.85. The van der Waals surface area contributed by atoms with E-state index in [0.29, 0.717) is 23.8 Å². The lowest BCUT2D eigenvalue weighted by Gasteiger charge is -2.58. The number of allylic oxidation sites excluding steroid dienone is 5. The normalized spacial score (nSPS) is 35.8. The molecule has 0 amide bonds. The molecule has 3 aliphatic rings. The molecule has 0 radical (unpaired) electrons. The second-order valence-electron chi connectivity index (χ2n) is 9.72. The smallest absolute Gasteiger partial charge is 0.325 e. The zero-order valence-corrected chi connectivity index (χ0v) is 18.2. The maximum absolute atomic E-state index is 12.8. The summed E-state index contributed by atoms with van der Waals surface area (Å²) >= 11 is 0. The molecule has 5 heteroatoms. The average Bonchev–Trinajstić information content (AvgIpc) is 2.64. The highest BCUT2D eigenvalue weighted by atomic mass is 16.4. The zero-order chi connectivity index (χ0) is 21.6. The van der Waals surface area contributed by atoms with Gasteiger partial charge in [-0.2, -0.15) is 0 Å². The third-order valence-corrected chi connectivity index (χ3v) is 8.07. The van der Waals surface area contributed by atoms with Crippen LogP contribution in [-0.4, -0.2) is 28.7 Å². The molecule has 3 aliphatic carbocycles. The van der Waals surface area contributed by atoms with E-state index in [2.05, 4.69) is 39.1 Å². The molecular weight excluding hydrogens is 366 g/mol. The van der Waals surface area contributed by atoms with E-state index >= 15 is 0 Å². The maximum atomic E-state index is 12.8. The van der Waals surface area contributed by atoms with Crippen molar-refractivity contribution in [3.63, 3.8) is 0 Å². The van der Waals surface area contributed by atoms with Crippen LogP contribution in [0.1, 0.15) is 66.7 Å². The first kappa shape index (κ1) is 21.5. The fraction of sp³-hybridized carbons (Fsp3) is 0.625. The van der Waals surface area contributed by atoms with Crippen molar-refractivity contribution in [2.24, 2.45) is 22.7 Å². The minimum atomic E-state index is -1.07. The fourth-order valence-corrected chi connectivity index (χ4v) is 5.77. The molecule has 0 aromatic rings. The highest BCUT2D eigenvalue weighted by molar-refractivity contribution is 6.19. The van der Waals surface area contributed by atoms with E-state index in [1.807, 2.05) is 0 Å². The summed E-state index contributed by atoms with van der Waals surface area (Å²) in [5.41, 5.74) is 2.17. The molecule has 0 saturated heterocycles. The molecule has 158 valence electrons. The Labute approximate surface area is 173 Å². The van der Waals surface area contributed by atoms with Crippen LogP contribution in [0.2, 0.25) is 0 Å². The van der Waals surface area contributed by atoms with Crippen LogP contribution in [-0.2, 0) is 14.4 Å². The number of aliphatic carboxylic acids is 1. The molecular formula is C24H33NO4. The third kappa shape index (κ3) is 3.72. The lowest BCUT2D eigenvalue weighted by molar-refractivity contribution is -0.138. The Morgan fingerprint density at radius 1 is 1.24 bits per heavy atom. The van der Waals surface area contributed by atoms with Crippen molar-refractivity contribution in [2.75, 3.05) is 0 Å². The topological polar surface area (TPSA) is 83.5 Å². The summed E-state index contributed by atoms with van der Waals surface area (Å²) in [5.74, 6) is -0.630. The summed E-state index contributed by atoms with van der Waals surface area (Å²) in [6.07, 6.45) is 10.1. The second-order valence-corrected chi connectivity index (χ2v) is 9.72. The van der Waals surface area contributed by atoms with E-state index in [4.69, 9.17) is 5.11 Å². The highest BCUT2D eigenvalue weighted by Gasteiger charge is 2.53. The minimum absolute atomic E-state index is 0.0581. The first-order chi connectivity index (χ1) is 13.5. The van der Waals surface area contributed by atoms with Gasteiger partial charge in [0.15, 0.2) is 5.78 Å². The SMILES string of the molecule is CC1=CCCC2C1(C)CCC(C)[C@@]2(C)CC1=CC(=O)C(NC(C)C(=O)O)=CC1=O. The number of ketones is 2. The second kappa shape index (κ2) is 7.58. The van der Waals surface area contributed by atoms with Gasteiger partial charge in [0.25, 0.3) is 0 Å². The zero-order valence-electron chi connectivity index (χ0n) is 18.2. The van der Waals surface area contributed by atoms with Crippen molar-refractivity contribution in [1.29, 1.82) is 0 Å². The predicted molar refractivity (Wildman–Crippen MR) is 112 cm³/mol. The number of hydrogen-bond acceptors (Lipinski definition) is 4. The molecule has 3 rings (SSSR count). The number of carboxylic acids is 1. The molecule has 0 spiro atoms. The van der Waals surface area contributed by atoms with E-state index in [9.17, 15) is 14.4 Å². The minimum Gasteiger partial charge on any atom is -0.480 e. The first-order valence-electron chi connectivity index (χ1n) is 10.7. The lowest BCUT2D eigenvalue weighted by Crippen LogP contribution is -2.50. The van der Waals surface area contributed by atoms with Gasteiger partial charge in [-0.3, -0.25) is 14.4 Å². The van der Waals surface area contributed by atoms with Crippen molar-refractivity contribution >= 4 is 17.5 Å². The molecule has 1 saturated carbocycles. The maximum Gasteiger partial charge on any atom is 0.325 e. The fourth-order valence-electron chi connectivity index (χ4n) is 5.77. The Hall–Kier alpha value is -2.17. The number of nitrogens with one attached hydrogen (secondary N) is 1. The van der Waals surface area contributed by atoms with Crippen LogP contribution in [0.3, 0.4) is 0 Å². The van der Waals surface area contributed by atoms with E-state index in [1.165, 1.54) is 31.1 Å². The summed E-state index contributed by atoms with van der Waals surface area (Å²) in [5, 5.41) is 11.7. The third-order valence-electron chi connectivity index (χ3n) is 8.07. The molecule has 0 bridgehead atoms. The number of carbonyl (C=O) groups is 3. The molecule has 0 aromatic heterocycles. The van der Waals surface area contributed by atoms with Crippen molar-refractivity contribution in [2.45, 2.75) is 72.8 Å². The van der Waals surface area contributed by atoms with Crippen molar-refractivity contribution in [3.8, 4) is 0 Å². The van der Waals surface area contributed by atoms with E-state index in [0.717, 1.165) is 19.3 Å². The largest absolute Gasteiger partial charge is 0.480 e. The first-order valence-corrected chi connectivity index (χ1v) is 10.7. The molecule has 1 fully saturated rings. The van der Waals surface area contributed by atoms with Gasteiger partial charge in [-0.05, 0) is 74.7 Å². The van der Waals surface area contributed by atoms with Crippen LogP contribution in [0.5, 0.6) is 0 Å². The molecule has 5 atom stereocenters. The summed E-state index contributed by atoms with van der Waals surface area (Å²) in [7, 11) is 0. The Morgan fingerprint density at radius 2 is 1.93 bits per heavy atom. The van der Waals surface area contributed by atoms with Crippen LogP contribution in [0.15, 0.2) is 35.1 Å². The Bertz CT molecular complexity index is 836. The number of hydrogen-bond donors (Lipinski definition) is 2. The van der Waals surface area contributed by atoms with E-state index < -0.39 is 12.0 Å². The van der Waals surface area contributed by atoms with Crippen LogP contribution in [0.25, 0.3) is 0 Å². The van der Waals surface area contributed by atoms with Crippen LogP contribution in [0, 0.1) is 22.7 Å². The van der Waals surface area contributed by atoms with Crippen LogP contribution < -0.4 is 5.32 Å². The summed E-state index contributed by atoms with van der Waals surface area (Å²) < 4.78 is 0. The Kier molecular flexibility index (Phi) is 5.63. The highest BCUT2D eigenvalue weighted by Crippen LogP contribution is 2.62. The number of carboxylic acid groups (broad SMARTS) is 1. The van der Waals surface area contributed by atoms with Gasteiger partial charge in [-0.15, -0.1) is 0 Å². The standard InChI is InChI=1S/C24H33NO4/c1-14-7-6-8-21-23(14,4)10-9-15(2)24(21,5)13-17-11-20(27)18(12-19(17)26)25-16(3)22(28)29/h7,11-12,15-16,21,25H,6,8-10,13H2,1-5H3,(H,28,29)/t15?,16?,21?,23?,24-/m1/s1. The predicted octanol–water partition coefficient (Wildman–Crippen LogP) is 4.20.